The van der Waals surface area contributed by atoms with Crippen molar-refractivity contribution >= 4 is 0 Å². The van der Waals surface area contributed by atoms with E-state index < -0.39 is 5.60 Å². The second-order valence-electron chi connectivity index (χ2n) is 10.0. The summed E-state index contributed by atoms with van der Waals surface area (Å²) in [6.07, 6.45) is 6.19. The Kier molecular flexibility index (Phi) is 8.54. The van der Waals surface area contributed by atoms with Gasteiger partial charge in [0.15, 0.2) is 11.5 Å². The van der Waals surface area contributed by atoms with E-state index in [4.69, 9.17) is 14.2 Å². The predicted octanol–water partition coefficient (Wildman–Crippen LogP) is 4.69. The van der Waals surface area contributed by atoms with E-state index in [2.05, 4.69) is 35.1 Å². The third kappa shape index (κ3) is 7.02. The zero-order valence-corrected chi connectivity index (χ0v) is 22.0. The second kappa shape index (κ2) is 11.8. The van der Waals surface area contributed by atoms with Crippen LogP contribution in [-0.2, 0) is 13.1 Å². The maximum Gasteiger partial charge on any atom is 0.161 e. The van der Waals surface area contributed by atoms with Crippen molar-refractivity contribution in [3.05, 3.63) is 71.0 Å². The van der Waals surface area contributed by atoms with E-state index in [-0.39, 0.29) is 0 Å². The van der Waals surface area contributed by atoms with Crippen molar-refractivity contribution in [2.75, 3.05) is 33.4 Å². The largest absolute Gasteiger partial charge is 0.493 e. The molecule has 0 bridgehead atoms. The van der Waals surface area contributed by atoms with Crippen LogP contribution in [0, 0.1) is 20.8 Å². The first-order valence-electron chi connectivity index (χ1n) is 12.8. The third-order valence-corrected chi connectivity index (χ3v) is 6.81. The highest BCUT2D eigenvalue weighted by Gasteiger charge is 2.31. The molecule has 7 nitrogen and oxygen atoms in total. The fraction of sp³-hybridized carbons (Fsp3) is 0.483. The molecular weight excluding hydrogens is 454 g/mol. The van der Waals surface area contributed by atoms with Crippen LogP contribution < -0.4 is 14.2 Å². The standard InChI is InChI=1S/C29H39N3O4/c1-22-6-8-26(24(3)16-22)36-21-29(33)10-5-12-31(13-11-29)20-25-7-9-27(34-4)28(17-25)35-15-14-32-19-23(2)18-30-32/h6-9,16-19,33H,5,10-15,20-21H2,1-4H3/t29-/m0/s1. The Morgan fingerprint density at radius 2 is 1.78 bits per heavy atom. The lowest BCUT2D eigenvalue weighted by Crippen LogP contribution is -2.37. The lowest BCUT2D eigenvalue weighted by Gasteiger charge is -2.27. The van der Waals surface area contributed by atoms with Gasteiger partial charge in [-0.15, -0.1) is 0 Å². The molecule has 3 aromatic rings. The molecule has 0 saturated carbocycles. The van der Waals surface area contributed by atoms with Crippen LogP contribution in [0.3, 0.4) is 0 Å². The van der Waals surface area contributed by atoms with Gasteiger partial charge in [0.05, 0.1) is 25.5 Å². The second-order valence-corrected chi connectivity index (χ2v) is 10.0. The highest BCUT2D eigenvalue weighted by atomic mass is 16.5. The van der Waals surface area contributed by atoms with Gasteiger partial charge < -0.3 is 19.3 Å². The Morgan fingerprint density at radius 1 is 0.944 bits per heavy atom. The number of rotatable bonds is 10. The van der Waals surface area contributed by atoms with Gasteiger partial charge in [-0.25, -0.2) is 0 Å². The van der Waals surface area contributed by atoms with Crippen LogP contribution in [0.2, 0.25) is 0 Å². The topological polar surface area (TPSA) is 69.0 Å². The van der Waals surface area contributed by atoms with Gasteiger partial charge in [-0.3, -0.25) is 9.58 Å². The lowest BCUT2D eigenvalue weighted by molar-refractivity contribution is -0.0170. The number of methoxy groups -OCH3 is 1. The summed E-state index contributed by atoms with van der Waals surface area (Å²) in [5.74, 6) is 2.32. The molecule has 7 heteroatoms. The number of aryl methyl sites for hydroxylation is 3. The summed E-state index contributed by atoms with van der Waals surface area (Å²) in [6, 6.07) is 12.3. The van der Waals surface area contributed by atoms with Crippen molar-refractivity contribution in [2.24, 2.45) is 0 Å². The fourth-order valence-corrected chi connectivity index (χ4v) is 4.74. The number of aromatic nitrogens is 2. The number of aliphatic hydroxyl groups is 1. The van der Waals surface area contributed by atoms with Gasteiger partial charge in [-0.05, 0) is 81.5 Å². The van der Waals surface area contributed by atoms with Gasteiger partial charge in [0.2, 0.25) is 0 Å². The minimum absolute atomic E-state index is 0.320. The molecule has 36 heavy (non-hydrogen) atoms. The Balaban J connectivity index is 1.32. The molecule has 1 fully saturated rings. The highest BCUT2D eigenvalue weighted by molar-refractivity contribution is 5.43. The van der Waals surface area contributed by atoms with Gasteiger partial charge in [-0.1, -0.05) is 23.8 Å². The third-order valence-electron chi connectivity index (χ3n) is 6.81. The molecule has 1 aliphatic heterocycles. The van der Waals surface area contributed by atoms with E-state index >= 15 is 0 Å². The van der Waals surface area contributed by atoms with Gasteiger partial charge >= 0.3 is 0 Å². The van der Waals surface area contributed by atoms with Crippen LogP contribution in [0.1, 0.15) is 41.5 Å². The molecule has 194 valence electrons. The normalized spacial score (nSPS) is 18.6. The number of hydrogen-bond donors (Lipinski definition) is 1. The van der Waals surface area contributed by atoms with Crippen LogP contribution in [0.25, 0.3) is 0 Å². The number of hydrogen-bond acceptors (Lipinski definition) is 6. The van der Waals surface area contributed by atoms with Crippen molar-refractivity contribution in [3.8, 4) is 17.2 Å². The predicted molar refractivity (Wildman–Crippen MR) is 141 cm³/mol. The molecule has 0 aliphatic carbocycles. The van der Waals surface area contributed by atoms with Crippen molar-refractivity contribution in [1.29, 1.82) is 0 Å². The van der Waals surface area contributed by atoms with Gasteiger partial charge in [0, 0.05) is 19.3 Å². The summed E-state index contributed by atoms with van der Waals surface area (Å²) in [7, 11) is 1.66. The monoisotopic (exact) mass is 493 g/mol. The Hall–Kier alpha value is -3.03. The van der Waals surface area contributed by atoms with Crippen molar-refractivity contribution in [2.45, 2.75) is 58.7 Å². The first-order valence-corrected chi connectivity index (χ1v) is 12.8. The maximum absolute atomic E-state index is 11.3. The van der Waals surface area contributed by atoms with E-state index in [9.17, 15) is 5.11 Å². The Morgan fingerprint density at radius 3 is 2.53 bits per heavy atom. The number of nitrogens with zero attached hydrogens (tertiary/aromatic N) is 3. The smallest absolute Gasteiger partial charge is 0.161 e. The molecule has 2 aromatic carbocycles. The van der Waals surface area contributed by atoms with Gasteiger partial charge in [0.1, 0.15) is 19.0 Å². The Bertz CT molecular complexity index is 1150. The summed E-state index contributed by atoms with van der Waals surface area (Å²) in [5, 5.41) is 15.6. The van der Waals surface area contributed by atoms with Crippen molar-refractivity contribution < 1.29 is 19.3 Å². The van der Waals surface area contributed by atoms with Crippen molar-refractivity contribution in [3.63, 3.8) is 0 Å². The molecule has 1 aliphatic rings. The van der Waals surface area contributed by atoms with Crippen LogP contribution in [-0.4, -0.2) is 58.8 Å². The van der Waals surface area contributed by atoms with E-state index in [1.165, 1.54) is 5.56 Å². The quantitative estimate of drug-likeness (QED) is 0.442. The molecule has 0 radical (unpaired) electrons. The molecule has 2 heterocycles. The molecular formula is C29H39N3O4. The van der Waals surface area contributed by atoms with E-state index in [1.807, 2.05) is 49.1 Å². The number of ether oxygens (including phenoxy) is 3. The van der Waals surface area contributed by atoms with Gasteiger partial charge in [-0.2, -0.15) is 5.10 Å². The average molecular weight is 494 g/mol. The zero-order valence-electron chi connectivity index (χ0n) is 22.0. The summed E-state index contributed by atoms with van der Waals surface area (Å²) in [6.45, 7) is 10.2. The highest BCUT2D eigenvalue weighted by Crippen LogP contribution is 2.30. The molecule has 1 saturated heterocycles. The lowest BCUT2D eigenvalue weighted by atomic mass is 9.96. The Labute approximate surface area is 214 Å². The van der Waals surface area contributed by atoms with Crippen LogP contribution >= 0.6 is 0 Å². The minimum Gasteiger partial charge on any atom is -0.493 e. The van der Waals surface area contributed by atoms with E-state index in [0.29, 0.717) is 26.2 Å². The molecule has 0 unspecified atom stereocenters. The first kappa shape index (κ1) is 26.0. The zero-order chi connectivity index (χ0) is 25.5. The molecule has 1 N–H and O–H groups in total. The summed E-state index contributed by atoms with van der Waals surface area (Å²) in [4.78, 5) is 2.40. The van der Waals surface area contributed by atoms with Crippen LogP contribution in [0.15, 0.2) is 48.8 Å². The molecule has 1 aromatic heterocycles. The van der Waals surface area contributed by atoms with E-state index in [1.54, 1.807) is 7.11 Å². The number of likely N-dealkylation sites (tertiary alicyclic amines) is 1. The average Bonchev–Trinajstić information content (AvgIpc) is 3.17. The SMILES string of the molecule is COc1ccc(CN2CCC[C@@](O)(COc3ccc(C)cc3C)CC2)cc1OCCn1cc(C)cn1. The number of benzene rings is 2. The molecule has 1 atom stereocenters. The van der Waals surface area contributed by atoms with Gasteiger partial charge in [0.25, 0.3) is 0 Å². The molecule has 0 amide bonds. The maximum atomic E-state index is 11.3. The van der Waals surface area contributed by atoms with Crippen LogP contribution in [0.4, 0.5) is 0 Å². The van der Waals surface area contributed by atoms with Crippen LogP contribution in [0.5, 0.6) is 17.2 Å². The summed E-state index contributed by atoms with van der Waals surface area (Å²) >= 11 is 0. The van der Waals surface area contributed by atoms with E-state index in [0.717, 1.165) is 66.4 Å². The fourth-order valence-electron chi connectivity index (χ4n) is 4.74. The summed E-state index contributed by atoms with van der Waals surface area (Å²) in [5.41, 5.74) is 3.80. The minimum atomic E-state index is -0.814. The van der Waals surface area contributed by atoms with Crippen molar-refractivity contribution in [1.82, 2.24) is 14.7 Å². The molecule has 0 spiro atoms. The summed E-state index contributed by atoms with van der Waals surface area (Å²) < 4.78 is 19.5. The molecule has 4 rings (SSSR count). The first-order chi connectivity index (χ1) is 17.3.